The molecule has 0 radical (unpaired) electrons. The molecule has 1 N–H and O–H groups in total. The number of amides is 1. The fourth-order valence-corrected chi connectivity index (χ4v) is 4.66. The number of morpholine rings is 1. The summed E-state index contributed by atoms with van der Waals surface area (Å²) in [4.78, 5) is 36.5. The van der Waals surface area contributed by atoms with Crippen LogP contribution in [0.3, 0.4) is 0 Å². The maximum atomic E-state index is 12.6. The van der Waals surface area contributed by atoms with Crippen LogP contribution in [-0.2, 0) is 24.3 Å². The number of carbonyl (C=O) groups excluding carboxylic acids is 2. The highest BCUT2D eigenvalue weighted by atomic mass is 32.2. The highest BCUT2D eigenvalue weighted by Gasteiger charge is 2.26. The molecule has 0 saturated carbocycles. The van der Waals surface area contributed by atoms with Gasteiger partial charge in [0.25, 0.3) is 5.91 Å². The predicted octanol–water partition coefficient (Wildman–Crippen LogP) is 1.61. The SMILES string of the molecule is O=C(COC(=O)c1cc(=O)c2ccccc2o1)Nc1ccc(S(=O)(=O)N2CCOCC2)cc1. The van der Waals surface area contributed by atoms with Crippen molar-refractivity contribution < 1.29 is 31.9 Å². The molecule has 1 aromatic heterocycles. The fraction of sp³-hybridized carbons (Fsp3) is 0.227. The van der Waals surface area contributed by atoms with E-state index in [4.69, 9.17) is 13.9 Å². The van der Waals surface area contributed by atoms with Crippen molar-refractivity contribution in [3.63, 3.8) is 0 Å². The normalized spacial score (nSPS) is 14.7. The summed E-state index contributed by atoms with van der Waals surface area (Å²) >= 11 is 0. The molecule has 2 heterocycles. The Balaban J connectivity index is 1.35. The van der Waals surface area contributed by atoms with E-state index in [0.717, 1.165) is 6.07 Å². The van der Waals surface area contributed by atoms with Crippen LogP contribution in [0, 0.1) is 0 Å². The van der Waals surface area contributed by atoms with E-state index < -0.39 is 33.9 Å². The number of anilines is 1. The van der Waals surface area contributed by atoms with Crippen LogP contribution in [0.1, 0.15) is 10.6 Å². The van der Waals surface area contributed by atoms with Gasteiger partial charge in [0.1, 0.15) is 5.58 Å². The summed E-state index contributed by atoms with van der Waals surface area (Å²) in [5.74, 6) is -1.92. The average molecular weight is 472 g/mol. The van der Waals surface area contributed by atoms with Crippen molar-refractivity contribution >= 4 is 38.6 Å². The lowest BCUT2D eigenvalue weighted by molar-refractivity contribution is -0.119. The van der Waals surface area contributed by atoms with Crippen molar-refractivity contribution in [2.75, 3.05) is 38.2 Å². The first kappa shape index (κ1) is 22.6. The minimum absolute atomic E-state index is 0.0974. The maximum absolute atomic E-state index is 12.6. The van der Waals surface area contributed by atoms with Crippen molar-refractivity contribution in [1.29, 1.82) is 0 Å². The highest BCUT2D eigenvalue weighted by Crippen LogP contribution is 2.19. The average Bonchev–Trinajstić information content (AvgIpc) is 2.83. The Bertz CT molecular complexity index is 1340. The molecule has 2 aromatic carbocycles. The molecule has 10 nitrogen and oxygen atoms in total. The molecule has 0 unspecified atom stereocenters. The Hall–Kier alpha value is -3.54. The molecule has 11 heteroatoms. The van der Waals surface area contributed by atoms with Crippen LogP contribution in [0.2, 0.25) is 0 Å². The smallest absolute Gasteiger partial charge is 0.374 e. The van der Waals surface area contributed by atoms with Gasteiger partial charge in [0.2, 0.25) is 15.8 Å². The van der Waals surface area contributed by atoms with E-state index in [-0.39, 0.29) is 29.3 Å². The van der Waals surface area contributed by atoms with E-state index in [9.17, 15) is 22.8 Å². The molecule has 1 amide bonds. The number of para-hydroxylation sites is 1. The first-order valence-electron chi connectivity index (χ1n) is 10.0. The lowest BCUT2D eigenvalue weighted by atomic mass is 10.2. The number of nitrogens with one attached hydrogen (secondary N) is 1. The summed E-state index contributed by atoms with van der Waals surface area (Å²) in [5.41, 5.74) is 0.156. The molecule has 1 aliphatic heterocycles. The van der Waals surface area contributed by atoms with Gasteiger partial charge in [-0.15, -0.1) is 0 Å². The monoisotopic (exact) mass is 472 g/mol. The Morgan fingerprint density at radius 3 is 2.45 bits per heavy atom. The van der Waals surface area contributed by atoms with E-state index in [1.54, 1.807) is 24.3 Å². The second-order valence-corrected chi connectivity index (χ2v) is 9.07. The summed E-state index contributed by atoms with van der Waals surface area (Å²) in [6, 6.07) is 13.1. The lowest BCUT2D eigenvalue weighted by Crippen LogP contribution is -2.40. The van der Waals surface area contributed by atoms with Crippen LogP contribution < -0.4 is 10.7 Å². The predicted molar refractivity (Wildman–Crippen MR) is 117 cm³/mol. The van der Waals surface area contributed by atoms with Crippen LogP contribution in [0.4, 0.5) is 5.69 Å². The number of nitrogens with zero attached hydrogens (tertiary/aromatic N) is 1. The third kappa shape index (κ3) is 5.11. The van der Waals surface area contributed by atoms with Gasteiger partial charge in [-0.05, 0) is 36.4 Å². The van der Waals surface area contributed by atoms with Gasteiger partial charge < -0.3 is 19.2 Å². The first-order chi connectivity index (χ1) is 15.8. The fourth-order valence-electron chi connectivity index (χ4n) is 3.25. The van der Waals surface area contributed by atoms with Gasteiger partial charge in [-0.25, -0.2) is 13.2 Å². The van der Waals surface area contributed by atoms with E-state index in [0.29, 0.717) is 24.3 Å². The first-order valence-corrected chi connectivity index (χ1v) is 11.5. The molecule has 1 aliphatic rings. The second-order valence-electron chi connectivity index (χ2n) is 7.14. The molecule has 0 bridgehead atoms. The van der Waals surface area contributed by atoms with Gasteiger partial charge in [0, 0.05) is 24.8 Å². The molecule has 3 aromatic rings. The number of hydrogen-bond donors (Lipinski definition) is 1. The van der Waals surface area contributed by atoms with Crippen molar-refractivity contribution in [2.45, 2.75) is 4.90 Å². The van der Waals surface area contributed by atoms with Crippen LogP contribution >= 0.6 is 0 Å². The Morgan fingerprint density at radius 2 is 1.73 bits per heavy atom. The largest absolute Gasteiger partial charge is 0.450 e. The Labute approximate surface area is 188 Å². The quantitative estimate of drug-likeness (QED) is 0.535. The van der Waals surface area contributed by atoms with Crippen molar-refractivity contribution in [1.82, 2.24) is 4.31 Å². The molecule has 4 rings (SSSR count). The van der Waals surface area contributed by atoms with Crippen LogP contribution in [0.15, 0.2) is 68.7 Å². The van der Waals surface area contributed by atoms with Crippen molar-refractivity contribution in [2.24, 2.45) is 0 Å². The summed E-state index contributed by atoms with van der Waals surface area (Å²) in [5, 5.41) is 2.84. The van der Waals surface area contributed by atoms with Crippen LogP contribution in [0.25, 0.3) is 11.0 Å². The Kier molecular flexibility index (Phi) is 6.54. The molecule has 172 valence electrons. The summed E-state index contributed by atoms with van der Waals surface area (Å²) < 4.78 is 42.1. The van der Waals surface area contributed by atoms with Gasteiger partial charge >= 0.3 is 5.97 Å². The minimum Gasteiger partial charge on any atom is -0.450 e. The van der Waals surface area contributed by atoms with Gasteiger partial charge in [0.05, 0.1) is 23.5 Å². The zero-order chi connectivity index (χ0) is 23.4. The van der Waals surface area contributed by atoms with Gasteiger partial charge in [-0.2, -0.15) is 4.31 Å². The molecule has 0 spiro atoms. The minimum atomic E-state index is -3.64. The zero-order valence-electron chi connectivity index (χ0n) is 17.4. The molecule has 33 heavy (non-hydrogen) atoms. The second kappa shape index (κ2) is 9.53. The summed E-state index contributed by atoms with van der Waals surface area (Å²) in [6.45, 7) is 0.625. The topological polar surface area (TPSA) is 132 Å². The Morgan fingerprint density at radius 1 is 1.03 bits per heavy atom. The van der Waals surface area contributed by atoms with E-state index in [2.05, 4.69) is 5.32 Å². The number of carbonyl (C=O) groups is 2. The van der Waals surface area contributed by atoms with E-state index >= 15 is 0 Å². The zero-order valence-corrected chi connectivity index (χ0v) is 18.2. The molecular formula is C22H20N2O8S. The molecular weight excluding hydrogens is 452 g/mol. The van der Waals surface area contributed by atoms with Crippen molar-refractivity contribution in [3.8, 4) is 0 Å². The number of hydrogen-bond acceptors (Lipinski definition) is 8. The number of esters is 1. The highest BCUT2D eigenvalue weighted by molar-refractivity contribution is 7.89. The van der Waals surface area contributed by atoms with Gasteiger partial charge in [0.15, 0.2) is 12.0 Å². The molecule has 1 fully saturated rings. The van der Waals surface area contributed by atoms with Crippen LogP contribution in [0.5, 0.6) is 0 Å². The summed E-state index contributed by atoms with van der Waals surface area (Å²) in [7, 11) is -3.64. The lowest BCUT2D eigenvalue weighted by Gasteiger charge is -2.26. The third-order valence-corrected chi connectivity index (χ3v) is 6.83. The molecule has 0 aliphatic carbocycles. The van der Waals surface area contributed by atoms with Crippen molar-refractivity contribution in [3.05, 3.63) is 70.6 Å². The van der Waals surface area contributed by atoms with Gasteiger partial charge in [-0.1, -0.05) is 12.1 Å². The van der Waals surface area contributed by atoms with Gasteiger partial charge in [-0.3, -0.25) is 9.59 Å². The van der Waals surface area contributed by atoms with E-state index in [1.165, 1.54) is 28.6 Å². The van der Waals surface area contributed by atoms with Crippen LogP contribution in [-0.4, -0.2) is 57.5 Å². The third-order valence-electron chi connectivity index (χ3n) is 4.92. The number of ether oxygens (including phenoxy) is 2. The number of sulfonamides is 1. The molecule has 0 atom stereocenters. The van der Waals surface area contributed by atoms with E-state index in [1.807, 2.05) is 0 Å². The molecule has 1 saturated heterocycles. The number of rotatable bonds is 6. The summed E-state index contributed by atoms with van der Waals surface area (Å²) in [6.07, 6.45) is 0. The number of benzene rings is 2. The number of fused-ring (bicyclic) bond motifs is 1. The standard InChI is InChI=1S/C22H20N2O8S/c25-18-13-20(32-19-4-2-1-3-17(18)19)22(27)31-14-21(26)23-15-5-7-16(8-6-15)33(28,29)24-9-11-30-12-10-24/h1-8,13H,9-12,14H2,(H,23,26). The maximum Gasteiger partial charge on any atom is 0.374 e.